The van der Waals surface area contributed by atoms with Crippen LogP contribution in [-0.4, -0.2) is 40.8 Å². The molecule has 1 heterocycles. The monoisotopic (exact) mass is 161 g/mol. The van der Waals surface area contributed by atoms with Gasteiger partial charge in [0.25, 0.3) is 0 Å². The molecule has 0 aliphatic carbocycles. The minimum absolute atomic E-state index is 0.736. The zero-order chi connectivity index (χ0) is 7.40. The van der Waals surface area contributed by atoms with Crippen LogP contribution >= 0.6 is 0 Å². The summed E-state index contributed by atoms with van der Waals surface area (Å²) in [5.74, 6) is 0.736. The predicted molar refractivity (Wildman–Crippen MR) is 42.1 cm³/mol. The number of nitrogens with zero attached hydrogens (tertiary/aromatic N) is 2. The molecule has 0 saturated carbocycles. The molecule has 0 aromatic rings. The van der Waals surface area contributed by atoms with Gasteiger partial charge in [-0.15, -0.1) is 4.31 Å². The third-order valence-electron chi connectivity index (χ3n) is 1.55. The van der Waals surface area contributed by atoms with Crippen LogP contribution in [-0.2, 0) is 11.4 Å². The molecule has 1 rings (SSSR count). The minimum Gasteiger partial charge on any atom is -0.598 e. The van der Waals surface area contributed by atoms with E-state index in [1.54, 1.807) is 0 Å². The highest BCUT2D eigenvalue weighted by Crippen LogP contribution is 2.02. The van der Waals surface area contributed by atoms with Crippen LogP contribution in [0.1, 0.15) is 6.92 Å². The lowest BCUT2D eigenvalue weighted by Crippen LogP contribution is -2.44. The highest BCUT2D eigenvalue weighted by molar-refractivity contribution is 7.89. The number of hydrogen-bond acceptors (Lipinski definition) is 2. The van der Waals surface area contributed by atoms with E-state index in [1.807, 2.05) is 11.2 Å². The molecule has 0 aromatic heterocycles. The van der Waals surface area contributed by atoms with Gasteiger partial charge in [0.2, 0.25) is 0 Å². The zero-order valence-corrected chi connectivity index (χ0v) is 7.06. The number of piperazine rings is 1. The molecule has 1 radical (unpaired) electrons. The summed E-state index contributed by atoms with van der Waals surface area (Å²) in [5, 5.41) is 4.17. The standard InChI is InChI=1S/C6H13N2OS/c1-2-10(9)8-5-3-7-4-6-8/h2-6H2,1H3. The van der Waals surface area contributed by atoms with Crippen LogP contribution in [0.15, 0.2) is 0 Å². The molecule has 1 saturated heterocycles. The van der Waals surface area contributed by atoms with Crippen LogP contribution in [0.25, 0.3) is 0 Å². The van der Waals surface area contributed by atoms with Gasteiger partial charge >= 0.3 is 0 Å². The average Bonchev–Trinajstić information content (AvgIpc) is 2.05. The summed E-state index contributed by atoms with van der Waals surface area (Å²) in [6.45, 7) is 5.40. The molecule has 59 valence electrons. The molecule has 3 nitrogen and oxygen atoms in total. The van der Waals surface area contributed by atoms with E-state index in [2.05, 4.69) is 5.32 Å². The lowest BCUT2D eigenvalue weighted by molar-refractivity contribution is 0.357. The van der Waals surface area contributed by atoms with E-state index in [9.17, 15) is 4.55 Å². The van der Waals surface area contributed by atoms with E-state index in [0.29, 0.717) is 0 Å². The first-order valence-corrected chi connectivity index (χ1v) is 4.89. The van der Waals surface area contributed by atoms with Crippen LogP contribution in [0.3, 0.4) is 0 Å². The Labute approximate surface area is 65.1 Å². The molecular formula is C6H13N2OS. The topological polar surface area (TPSA) is 40.4 Å². The lowest BCUT2D eigenvalue weighted by Gasteiger charge is -2.26. The summed E-state index contributed by atoms with van der Waals surface area (Å²) in [4.78, 5) is 0. The predicted octanol–water partition coefficient (Wildman–Crippen LogP) is -0.410. The van der Waals surface area contributed by atoms with Gasteiger partial charge in [0.05, 0.1) is 13.1 Å². The van der Waals surface area contributed by atoms with Crippen molar-refractivity contribution in [1.82, 2.24) is 9.62 Å². The molecular weight excluding hydrogens is 148 g/mol. The first kappa shape index (κ1) is 8.33. The van der Waals surface area contributed by atoms with E-state index >= 15 is 0 Å². The van der Waals surface area contributed by atoms with Crippen molar-refractivity contribution in [3.63, 3.8) is 0 Å². The van der Waals surface area contributed by atoms with E-state index in [0.717, 1.165) is 31.9 Å². The van der Waals surface area contributed by atoms with Gasteiger partial charge in [-0.2, -0.15) is 0 Å². The van der Waals surface area contributed by atoms with Crippen LogP contribution < -0.4 is 5.32 Å². The molecule has 0 spiro atoms. The average molecular weight is 161 g/mol. The Hall–Kier alpha value is 0.230. The van der Waals surface area contributed by atoms with Crippen molar-refractivity contribution in [1.29, 1.82) is 0 Å². The smallest absolute Gasteiger partial charge is 0.123 e. The Morgan fingerprint density at radius 2 is 2.10 bits per heavy atom. The van der Waals surface area contributed by atoms with E-state index in [1.165, 1.54) is 0 Å². The Morgan fingerprint density at radius 1 is 1.50 bits per heavy atom. The first-order chi connectivity index (χ1) is 4.84. The van der Waals surface area contributed by atoms with Crippen molar-refractivity contribution in [3.8, 4) is 0 Å². The fraction of sp³-hybridized carbons (Fsp3) is 1.00. The molecule has 0 bridgehead atoms. The summed E-state index contributed by atoms with van der Waals surface area (Å²) in [6.07, 6.45) is 0. The van der Waals surface area contributed by atoms with E-state index in [4.69, 9.17) is 0 Å². The molecule has 1 unspecified atom stereocenters. The minimum atomic E-state index is -0.740. The molecule has 0 N–H and O–H groups in total. The van der Waals surface area contributed by atoms with Crippen molar-refractivity contribution in [2.75, 3.05) is 31.9 Å². The third kappa shape index (κ3) is 2.12. The van der Waals surface area contributed by atoms with Gasteiger partial charge in [-0.05, 0) is 6.92 Å². The molecule has 10 heavy (non-hydrogen) atoms. The molecule has 1 fully saturated rings. The van der Waals surface area contributed by atoms with Crippen LogP contribution in [0.4, 0.5) is 0 Å². The Bertz CT molecular complexity index is 95.7. The molecule has 1 aliphatic heterocycles. The van der Waals surface area contributed by atoms with Gasteiger partial charge in [-0.1, -0.05) is 0 Å². The Morgan fingerprint density at radius 3 is 2.60 bits per heavy atom. The second-order valence-corrected chi connectivity index (χ2v) is 3.95. The third-order valence-corrected chi connectivity index (χ3v) is 2.98. The van der Waals surface area contributed by atoms with Gasteiger partial charge < -0.3 is 4.55 Å². The quantitative estimate of drug-likeness (QED) is 0.517. The SMILES string of the molecule is CC[S+]([O-])N1CC[N]CC1. The summed E-state index contributed by atoms with van der Waals surface area (Å²) < 4.78 is 13.2. The summed E-state index contributed by atoms with van der Waals surface area (Å²) in [6, 6.07) is 0. The van der Waals surface area contributed by atoms with Crippen molar-refractivity contribution in [2.45, 2.75) is 6.92 Å². The largest absolute Gasteiger partial charge is 0.598 e. The van der Waals surface area contributed by atoms with Crippen molar-refractivity contribution < 1.29 is 4.55 Å². The molecule has 1 aliphatic rings. The van der Waals surface area contributed by atoms with Gasteiger partial charge in [0.1, 0.15) is 5.75 Å². The highest BCUT2D eigenvalue weighted by Gasteiger charge is 2.19. The van der Waals surface area contributed by atoms with E-state index in [-0.39, 0.29) is 0 Å². The molecule has 0 aromatic carbocycles. The highest BCUT2D eigenvalue weighted by atomic mass is 32.2. The van der Waals surface area contributed by atoms with Gasteiger partial charge in [0.15, 0.2) is 0 Å². The fourth-order valence-corrected chi connectivity index (χ4v) is 1.91. The van der Waals surface area contributed by atoms with Crippen molar-refractivity contribution in [3.05, 3.63) is 0 Å². The first-order valence-electron chi connectivity index (χ1n) is 3.61. The summed E-state index contributed by atoms with van der Waals surface area (Å²) in [7, 11) is 0. The number of hydrogen-bond donors (Lipinski definition) is 0. The van der Waals surface area contributed by atoms with Crippen LogP contribution in [0.5, 0.6) is 0 Å². The maximum atomic E-state index is 11.2. The van der Waals surface area contributed by atoms with E-state index < -0.39 is 11.4 Å². The fourth-order valence-electron chi connectivity index (χ4n) is 0.974. The number of rotatable bonds is 2. The maximum Gasteiger partial charge on any atom is 0.123 e. The van der Waals surface area contributed by atoms with Gasteiger partial charge in [0, 0.05) is 24.5 Å². The Kier molecular flexibility index (Phi) is 3.48. The molecule has 0 amide bonds. The van der Waals surface area contributed by atoms with Crippen LogP contribution in [0.2, 0.25) is 0 Å². The second-order valence-electron chi connectivity index (χ2n) is 2.21. The molecule has 1 atom stereocenters. The van der Waals surface area contributed by atoms with Crippen molar-refractivity contribution in [2.24, 2.45) is 0 Å². The van der Waals surface area contributed by atoms with Gasteiger partial charge in [-0.25, -0.2) is 5.32 Å². The lowest BCUT2D eigenvalue weighted by atomic mass is 10.4. The van der Waals surface area contributed by atoms with Crippen molar-refractivity contribution >= 4 is 11.4 Å². The Balaban J connectivity index is 2.24. The van der Waals surface area contributed by atoms with Gasteiger partial charge in [-0.3, -0.25) is 0 Å². The molecule has 4 heteroatoms. The van der Waals surface area contributed by atoms with Crippen LogP contribution in [0, 0.1) is 0 Å². The zero-order valence-electron chi connectivity index (χ0n) is 6.25. The summed E-state index contributed by atoms with van der Waals surface area (Å²) in [5.41, 5.74) is 0. The normalized spacial score (nSPS) is 24.6. The second kappa shape index (κ2) is 4.18. The maximum absolute atomic E-state index is 11.2. The summed E-state index contributed by atoms with van der Waals surface area (Å²) >= 11 is -0.740.